The Morgan fingerprint density at radius 1 is 1.17 bits per heavy atom. The van der Waals surface area contributed by atoms with Crippen molar-refractivity contribution >= 4 is 5.91 Å². The van der Waals surface area contributed by atoms with Crippen molar-refractivity contribution in [3.05, 3.63) is 0 Å². The van der Waals surface area contributed by atoms with Gasteiger partial charge in [0, 0.05) is 25.0 Å². The first-order valence-corrected chi connectivity index (χ1v) is 7.64. The summed E-state index contributed by atoms with van der Waals surface area (Å²) < 4.78 is 0. The third kappa shape index (κ3) is 3.05. The van der Waals surface area contributed by atoms with Crippen LogP contribution in [-0.4, -0.2) is 37.0 Å². The summed E-state index contributed by atoms with van der Waals surface area (Å²) in [5.74, 6) is 1.08. The van der Waals surface area contributed by atoms with Crippen molar-refractivity contribution in [1.82, 2.24) is 10.2 Å². The van der Waals surface area contributed by atoms with Gasteiger partial charge in [-0.25, -0.2) is 0 Å². The molecule has 1 aliphatic heterocycles. The van der Waals surface area contributed by atoms with Gasteiger partial charge in [0.05, 0.1) is 0 Å². The maximum Gasteiger partial charge on any atom is 0.228 e. The molecule has 0 atom stereocenters. The summed E-state index contributed by atoms with van der Waals surface area (Å²) in [6, 6.07) is 0. The molecule has 0 aromatic carbocycles. The monoisotopic (exact) mass is 252 g/mol. The van der Waals surface area contributed by atoms with Gasteiger partial charge in [-0.15, -0.1) is 0 Å². The zero-order valence-corrected chi connectivity index (χ0v) is 12.0. The third-order valence-corrected chi connectivity index (χ3v) is 4.44. The molecule has 0 aromatic heterocycles. The Morgan fingerprint density at radius 3 is 2.56 bits per heavy atom. The predicted molar refractivity (Wildman–Crippen MR) is 74.4 cm³/mol. The van der Waals surface area contributed by atoms with Gasteiger partial charge in [0.25, 0.3) is 0 Å². The zero-order chi connectivity index (χ0) is 13.0. The molecule has 18 heavy (non-hydrogen) atoms. The zero-order valence-electron chi connectivity index (χ0n) is 12.0. The van der Waals surface area contributed by atoms with Gasteiger partial charge in [0.15, 0.2) is 0 Å². The minimum atomic E-state index is -0.0154. The van der Waals surface area contributed by atoms with Crippen LogP contribution in [0.5, 0.6) is 0 Å². The smallest absolute Gasteiger partial charge is 0.228 e. The topological polar surface area (TPSA) is 32.3 Å². The maximum absolute atomic E-state index is 12.9. The molecule has 3 nitrogen and oxygen atoms in total. The van der Waals surface area contributed by atoms with Crippen molar-refractivity contribution in [2.45, 2.75) is 52.4 Å². The maximum atomic E-state index is 12.9. The first kappa shape index (κ1) is 13.9. The normalized spacial score (nSPS) is 24.3. The van der Waals surface area contributed by atoms with E-state index in [1.54, 1.807) is 0 Å². The molecule has 0 bridgehead atoms. The number of hydrogen-bond donors (Lipinski definition) is 1. The van der Waals surface area contributed by atoms with Gasteiger partial charge in [-0.3, -0.25) is 4.79 Å². The minimum absolute atomic E-state index is 0.0154. The van der Waals surface area contributed by atoms with Crippen LogP contribution in [0.4, 0.5) is 0 Å². The van der Waals surface area contributed by atoms with Crippen molar-refractivity contribution in [2.75, 3.05) is 26.2 Å². The van der Waals surface area contributed by atoms with E-state index in [0.717, 1.165) is 51.9 Å². The van der Waals surface area contributed by atoms with E-state index in [9.17, 15) is 4.79 Å². The Balaban J connectivity index is 2.07. The number of hydrogen-bond acceptors (Lipinski definition) is 2. The van der Waals surface area contributed by atoms with E-state index in [1.807, 2.05) is 0 Å². The lowest BCUT2D eigenvalue weighted by Crippen LogP contribution is -2.44. The van der Waals surface area contributed by atoms with Crippen LogP contribution >= 0.6 is 0 Å². The highest BCUT2D eigenvalue weighted by atomic mass is 16.2. The van der Waals surface area contributed by atoms with Crippen LogP contribution in [-0.2, 0) is 4.79 Å². The average Bonchev–Trinajstić information content (AvgIpc) is 2.64. The van der Waals surface area contributed by atoms with Gasteiger partial charge in [-0.1, -0.05) is 26.7 Å². The number of rotatable bonds is 3. The summed E-state index contributed by atoms with van der Waals surface area (Å²) >= 11 is 0. The molecule has 1 N–H and O–H groups in total. The number of nitrogens with one attached hydrogen (secondary N) is 1. The molecular formula is C15H28N2O. The Morgan fingerprint density at radius 2 is 1.89 bits per heavy atom. The van der Waals surface area contributed by atoms with Gasteiger partial charge in [-0.05, 0) is 38.1 Å². The molecule has 1 amide bonds. The SMILES string of the molecule is CC(C)CC1(C(=O)N2CCCNCC2)CCCC1. The Labute approximate surface area is 111 Å². The van der Waals surface area contributed by atoms with E-state index in [1.165, 1.54) is 12.8 Å². The quantitative estimate of drug-likeness (QED) is 0.836. The van der Waals surface area contributed by atoms with Crippen LogP contribution in [0.1, 0.15) is 52.4 Å². The van der Waals surface area contributed by atoms with Crippen LogP contribution in [0, 0.1) is 11.3 Å². The third-order valence-electron chi connectivity index (χ3n) is 4.44. The molecule has 1 aliphatic carbocycles. The molecule has 0 spiro atoms. The molecule has 1 heterocycles. The van der Waals surface area contributed by atoms with E-state index < -0.39 is 0 Å². The van der Waals surface area contributed by atoms with Crippen molar-refractivity contribution in [3.63, 3.8) is 0 Å². The second kappa shape index (κ2) is 6.05. The van der Waals surface area contributed by atoms with Crippen molar-refractivity contribution in [1.29, 1.82) is 0 Å². The van der Waals surface area contributed by atoms with Crippen LogP contribution < -0.4 is 5.32 Å². The fourth-order valence-corrected chi connectivity index (χ4v) is 3.72. The molecule has 0 unspecified atom stereocenters. The average molecular weight is 252 g/mol. The first-order valence-electron chi connectivity index (χ1n) is 7.64. The highest BCUT2D eigenvalue weighted by Gasteiger charge is 2.43. The molecule has 0 radical (unpaired) electrons. The number of carbonyl (C=O) groups is 1. The summed E-state index contributed by atoms with van der Waals surface area (Å²) in [4.78, 5) is 15.0. The van der Waals surface area contributed by atoms with Gasteiger partial charge >= 0.3 is 0 Å². The largest absolute Gasteiger partial charge is 0.341 e. The molecule has 1 saturated heterocycles. The summed E-state index contributed by atoms with van der Waals surface area (Å²) in [5.41, 5.74) is -0.0154. The molecule has 0 aromatic rings. The number of carbonyl (C=O) groups excluding carboxylic acids is 1. The summed E-state index contributed by atoms with van der Waals surface area (Å²) in [7, 11) is 0. The molecule has 1 saturated carbocycles. The fraction of sp³-hybridized carbons (Fsp3) is 0.933. The van der Waals surface area contributed by atoms with Gasteiger partial charge in [0.2, 0.25) is 5.91 Å². The number of amides is 1. The van der Waals surface area contributed by atoms with E-state index in [-0.39, 0.29) is 5.41 Å². The van der Waals surface area contributed by atoms with E-state index in [2.05, 4.69) is 24.1 Å². The van der Waals surface area contributed by atoms with E-state index >= 15 is 0 Å². The predicted octanol–water partition coefficient (Wildman–Crippen LogP) is 2.41. The van der Waals surface area contributed by atoms with Crippen LogP contribution in [0.15, 0.2) is 0 Å². The lowest BCUT2D eigenvalue weighted by atomic mass is 9.77. The van der Waals surface area contributed by atoms with Gasteiger partial charge < -0.3 is 10.2 Å². The number of nitrogens with zero attached hydrogens (tertiary/aromatic N) is 1. The van der Waals surface area contributed by atoms with E-state index in [0.29, 0.717) is 11.8 Å². The molecule has 3 heteroatoms. The van der Waals surface area contributed by atoms with Crippen LogP contribution in [0.2, 0.25) is 0 Å². The molecular weight excluding hydrogens is 224 g/mol. The second-order valence-electron chi connectivity index (χ2n) is 6.48. The Hall–Kier alpha value is -0.570. The molecule has 2 aliphatic rings. The van der Waals surface area contributed by atoms with Gasteiger partial charge in [0.1, 0.15) is 0 Å². The standard InChI is InChI=1S/C15H28N2O/c1-13(2)12-15(6-3-4-7-15)14(18)17-10-5-8-16-9-11-17/h13,16H,3-12H2,1-2H3. The van der Waals surface area contributed by atoms with Crippen molar-refractivity contribution in [3.8, 4) is 0 Å². The lowest BCUT2D eigenvalue weighted by Gasteiger charge is -2.35. The van der Waals surface area contributed by atoms with Crippen molar-refractivity contribution in [2.24, 2.45) is 11.3 Å². The van der Waals surface area contributed by atoms with E-state index in [4.69, 9.17) is 0 Å². The summed E-state index contributed by atoms with van der Waals surface area (Å²) in [6.45, 7) is 8.36. The second-order valence-corrected chi connectivity index (χ2v) is 6.48. The molecule has 2 fully saturated rings. The van der Waals surface area contributed by atoms with Crippen LogP contribution in [0.3, 0.4) is 0 Å². The van der Waals surface area contributed by atoms with Gasteiger partial charge in [-0.2, -0.15) is 0 Å². The first-order chi connectivity index (χ1) is 8.64. The molecule has 2 rings (SSSR count). The molecule has 104 valence electrons. The highest BCUT2D eigenvalue weighted by molar-refractivity contribution is 5.83. The van der Waals surface area contributed by atoms with Crippen LogP contribution in [0.25, 0.3) is 0 Å². The summed E-state index contributed by atoms with van der Waals surface area (Å²) in [5, 5.41) is 3.38. The lowest BCUT2D eigenvalue weighted by molar-refractivity contribution is -0.142. The summed E-state index contributed by atoms with van der Waals surface area (Å²) in [6.07, 6.45) is 6.90. The minimum Gasteiger partial charge on any atom is -0.341 e. The van der Waals surface area contributed by atoms with Crippen molar-refractivity contribution < 1.29 is 4.79 Å². The highest BCUT2D eigenvalue weighted by Crippen LogP contribution is 2.44. The Kier molecular flexibility index (Phi) is 4.66. The fourth-order valence-electron chi connectivity index (χ4n) is 3.72. The Bertz CT molecular complexity index is 274.